The molecule has 7 aromatic carbocycles. The molecule has 50 heavy (non-hydrogen) atoms. The Bertz CT molecular complexity index is 2920. The molecule has 5 heteroatoms. The van der Waals surface area contributed by atoms with E-state index in [9.17, 15) is 15.8 Å². The molecule has 9 rings (SSSR count). The van der Waals surface area contributed by atoms with Crippen molar-refractivity contribution < 1.29 is 0 Å². The topological polar surface area (TPSA) is 81.2 Å². The van der Waals surface area contributed by atoms with Crippen LogP contribution in [-0.2, 0) is 0 Å². The van der Waals surface area contributed by atoms with Gasteiger partial charge >= 0.3 is 0 Å². The van der Waals surface area contributed by atoms with Gasteiger partial charge in [0.2, 0.25) is 0 Å². The van der Waals surface area contributed by atoms with E-state index < -0.39 is 0 Å². The predicted molar refractivity (Wildman–Crippen MR) is 200 cm³/mol. The molecule has 0 unspecified atom stereocenters. The Morgan fingerprint density at radius 2 is 1.00 bits per heavy atom. The molecule has 0 spiro atoms. The zero-order valence-corrected chi connectivity index (χ0v) is 26.7. The normalized spacial score (nSPS) is 11.1. The molecular weight excluding hydrogens is 611 g/mol. The Kier molecular flexibility index (Phi) is 6.56. The number of rotatable bonds is 4. The van der Waals surface area contributed by atoms with E-state index in [-0.39, 0.29) is 0 Å². The van der Waals surface area contributed by atoms with Crippen LogP contribution in [-0.4, -0.2) is 9.13 Å². The van der Waals surface area contributed by atoms with Crippen LogP contribution in [0.5, 0.6) is 0 Å². The van der Waals surface area contributed by atoms with Gasteiger partial charge in [0, 0.05) is 27.1 Å². The van der Waals surface area contributed by atoms with E-state index in [1.165, 1.54) is 10.8 Å². The van der Waals surface area contributed by atoms with Gasteiger partial charge in [-0.05, 0) is 83.4 Å². The lowest BCUT2D eigenvalue weighted by Gasteiger charge is -2.15. The quantitative estimate of drug-likeness (QED) is 0.193. The molecule has 0 saturated carbocycles. The van der Waals surface area contributed by atoms with Crippen LogP contribution in [0, 0.1) is 34.0 Å². The second-order valence-electron chi connectivity index (χ2n) is 12.3. The highest BCUT2D eigenvalue weighted by Crippen LogP contribution is 2.39. The lowest BCUT2D eigenvalue weighted by atomic mass is 9.96. The average Bonchev–Trinajstić information content (AvgIpc) is 3.70. The van der Waals surface area contributed by atoms with Crippen molar-refractivity contribution in [2.75, 3.05) is 0 Å². The van der Waals surface area contributed by atoms with Crippen molar-refractivity contribution in [1.29, 1.82) is 15.8 Å². The second-order valence-corrected chi connectivity index (χ2v) is 12.3. The largest absolute Gasteiger partial charge is 0.309 e. The predicted octanol–water partition coefficient (Wildman–Crippen LogP) is 10.8. The molecule has 5 nitrogen and oxygen atoms in total. The molecule has 0 bridgehead atoms. The van der Waals surface area contributed by atoms with Gasteiger partial charge in [0.25, 0.3) is 0 Å². The average molecular weight is 636 g/mol. The van der Waals surface area contributed by atoms with Crippen molar-refractivity contribution in [3.05, 3.63) is 168 Å². The van der Waals surface area contributed by atoms with E-state index in [0.29, 0.717) is 22.4 Å². The first-order valence-electron chi connectivity index (χ1n) is 16.3. The lowest BCUT2D eigenvalue weighted by molar-refractivity contribution is 1.17. The maximum absolute atomic E-state index is 10.3. The zero-order chi connectivity index (χ0) is 33.8. The molecule has 0 radical (unpaired) electrons. The summed E-state index contributed by atoms with van der Waals surface area (Å²) < 4.78 is 4.39. The van der Waals surface area contributed by atoms with E-state index >= 15 is 0 Å². The van der Waals surface area contributed by atoms with Crippen LogP contribution in [0.2, 0.25) is 0 Å². The van der Waals surface area contributed by atoms with Crippen LogP contribution in [0.25, 0.3) is 77.2 Å². The van der Waals surface area contributed by atoms with Crippen molar-refractivity contribution in [2.45, 2.75) is 0 Å². The third-order valence-corrected chi connectivity index (χ3v) is 9.63. The second kappa shape index (κ2) is 11.4. The summed E-state index contributed by atoms with van der Waals surface area (Å²) in [5.41, 5.74) is 11.4. The summed E-state index contributed by atoms with van der Waals surface area (Å²) in [5, 5.41) is 34.0. The molecule has 2 heterocycles. The number of para-hydroxylation sites is 3. The molecule has 230 valence electrons. The summed E-state index contributed by atoms with van der Waals surface area (Å²) in [4.78, 5) is 0. The van der Waals surface area contributed by atoms with Crippen LogP contribution in [0.1, 0.15) is 16.7 Å². The van der Waals surface area contributed by atoms with Gasteiger partial charge in [-0.1, -0.05) is 84.9 Å². The minimum Gasteiger partial charge on any atom is -0.309 e. The maximum atomic E-state index is 10.3. The van der Waals surface area contributed by atoms with Crippen LogP contribution in [0.4, 0.5) is 0 Å². The van der Waals surface area contributed by atoms with Crippen LogP contribution >= 0.6 is 0 Å². The molecule has 0 atom stereocenters. The summed E-state index contributed by atoms with van der Waals surface area (Å²) in [6.07, 6.45) is 0. The summed E-state index contributed by atoms with van der Waals surface area (Å²) >= 11 is 0. The molecule has 0 saturated heterocycles. The first kappa shape index (κ1) is 28.8. The summed E-state index contributed by atoms with van der Waals surface area (Å²) in [5.74, 6) is 0. The fraction of sp³-hybridized carbons (Fsp3) is 0. The maximum Gasteiger partial charge on any atom is 0.101 e. The highest BCUT2D eigenvalue weighted by molar-refractivity contribution is 6.12. The monoisotopic (exact) mass is 635 g/mol. The van der Waals surface area contributed by atoms with E-state index in [4.69, 9.17) is 0 Å². The van der Waals surface area contributed by atoms with Gasteiger partial charge in [-0.15, -0.1) is 0 Å². The minimum atomic E-state index is 0.507. The number of benzene rings is 7. The highest BCUT2D eigenvalue weighted by atomic mass is 15.0. The molecule has 0 aliphatic heterocycles. The molecule has 0 N–H and O–H groups in total. The lowest BCUT2D eigenvalue weighted by Crippen LogP contribution is -1.99. The van der Waals surface area contributed by atoms with Crippen LogP contribution in [0.3, 0.4) is 0 Å². The Balaban J connectivity index is 1.24. The van der Waals surface area contributed by atoms with E-state index in [2.05, 4.69) is 120 Å². The van der Waals surface area contributed by atoms with Gasteiger partial charge in [0.1, 0.15) is 6.07 Å². The third kappa shape index (κ3) is 4.31. The summed E-state index contributed by atoms with van der Waals surface area (Å²) in [6, 6.07) is 58.0. The van der Waals surface area contributed by atoms with Gasteiger partial charge in [-0.3, -0.25) is 0 Å². The third-order valence-electron chi connectivity index (χ3n) is 9.63. The molecule has 0 aliphatic carbocycles. The van der Waals surface area contributed by atoms with Gasteiger partial charge in [-0.2, -0.15) is 15.8 Å². The Hall–Kier alpha value is -7.39. The summed E-state index contributed by atoms with van der Waals surface area (Å²) in [7, 11) is 0. The fourth-order valence-corrected chi connectivity index (χ4v) is 7.44. The van der Waals surface area contributed by atoms with E-state index in [0.717, 1.165) is 60.8 Å². The number of hydrogen-bond acceptors (Lipinski definition) is 3. The fourth-order valence-electron chi connectivity index (χ4n) is 7.44. The summed E-state index contributed by atoms with van der Waals surface area (Å²) in [6.45, 7) is 0. The molecule has 0 fully saturated rings. The highest BCUT2D eigenvalue weighted by Gasteiger charge is 2.19. The molecular formula is C45H25N5. The van der Waals surface area contributed by atoms with Gasteiger partial charge in [-0.25, -0.2) is 0 Å². The van der Waals surface area contributed by atoms with Crippen molar-refractivity contribution in [1.82, 2.24) is 9.13 Å². The molecule has 0 amide bonds. The molecule has 2 aromatic heterocycles. The van der Waals surface area contributed by atoms with Crippen LogP contribution < -0.4 is 0 Å². The number of aromatic nitrogens is 2. The van der Waals surface area contributed by atoms with Crippen LogP contribution in [0.15, 0.2) is 152 Å². The zero-order valence-electron chi connectivity index (χ0n) is 26.7. The number of hydrogen-bond donors (Lipinski definition) is 0. The molecule has 9 aromatic rings. The Morgan fingerprint density at radius 3 is 1.76 bits per heavy atom. The minimum absolute atomic E-state index is 0.507. The van der Waals surface area contributed by atoms with Crippen molar-refractivity contribution >= 4 is 43.6 Å². The first-order chi connectivity index (χ1) is 24.7. The van der Waals surface area contributed by atoms with E-state index in [1.54, 1.807) is 12.1 Å². The van der Waals surface area contributed by atoms with Gasteiger partial charge < -0.3 is 9.13 Å². The van der Waals surface area contributed by atoms with Crippen molar-refractivity contribution in [2.24, 2.45) is 0 Å². The van der Waals surface area contributed by atoms with E-state index in [1.807, 2.05) is 47.0 Å². The van der Waals surface area contributed by atoms with Crippen molar-refractivity contribution in [3.8, 4) is 51.8 Å². The number of fused-ring (bicyclic) bond motifs is 6. The van der Waals surface area contributed by atoms with Gasteiger partial charge in [0.15, 0.2) is 0 Å². The number of nitrogens with zero attached hydrogens (tertiary/aromatic N) is 5. The first-order valence-corrected chi connectivity index (χ1v) is 16.3. The SMILES string of the molecule is N#Cc1ccc2c(c1)c1c(C#N)cccc1n2-c1cc(-c2cccc(-c3ccccc3-n3c4ccccc4c4ccccc43)c2)ccc1C#N. The Morgan fingerprint density at radius 1 is 0.380 bits per heavy atom. The standard InChI is InChI=1S/C45H25N5/c46-26-29-19-22-42-38(23-29)45-34(28-48)11-8-18-43(45)50(42)44-25-31(20-21-33(44)27-47)30-9-7-10-32(24-30)35-12-1-4-15-39(35)49-40-16-5-2-13-36(40)37-14-3-6-17-41(37)49/h1-25H. The smallest absolute Gasteiger partial charge is 0.101 e. The molecule has 0 aliphatic rings. The number of nitriles is 3. The van der Waals surface area contributed by atoms with Crippen molar-refractivity contribution in [3.63, 3.8) is 0 Å². The Labute approximate surface area is 287 Å². The van der Waals surface area contributed by atoms with Gasteiger partial charge in [0.05, 0.1) is 62.3 Å².